The van der Waals surface area contributed by atoms with E-state index in [4.69, 9.17) is 9.47 Å². The van der Waals surface area contributed by atoms with Gasteiger partial charge in [-0.05, 0) is 18.6 Å². The molecule has 1 amide bonds. The van der Waals surface area contributed by atoms with Gasteiger partial charge in [-0.1, -0.05) is 58.3 Å². The Morgan fingerprint density at radius 1 is 0.957 bits per heavy atom. The van der Waals surface area contributed by atoms with Crippen molar-refractivity contribution in [2.24, 2.45) is 0 Å². The molecule has 4 nitrogen and oxygen atoms in total. The Morgan fingerprint density at radius 2 is 1.61 bits per heavy atom. The number of unbranched alkanes of at least 4 members (excludes halogenated alkanes) is 8. The van der Waals surface area contributed by atoms with E-state index in [1.807, 2.05) is 18.2 Å². The Balaban J connectivity index is 1.52. The molecular weight excluding hydrogens is 290 g/mol. The summed E-state index contributed by atoms with van der Waals surface area (Å²) in [6.45, 7) is 2.50. The molecule has 1 aliphatic heterocycles. The van der Waals surface area contributed by atoms with Crippen molar-refractivity contribution in [1.82, 2.24) is 0 Å². The highest BCUT2D eigenvalue weighted by molar-refractivity contribution is 5.91. The van der Waals surface area contributed by atoms with Gasteiger partial charge < -0.3 is 14.8 Å². The van der Waals surface area contributed by atoms with Crippen LogP contribution in [0.5, 0.6) is 11.5 Å². The topological polar surface area (TPSA) is 47.6 Å². The molecule has 0 atom stereocenters. The van der Waals surface area contributed by atoms with Gasteiger partial charge in [0.1, 0.15) is 0 Å². The van der Waals surface area contributed by atoms with Crippen LogP contribution < -0.4 is 14.8 Å². The summed E-state index contributed by atoms with van der Waals surface area (Å²) in [5.74, 6) is 1.51. The largest absolute Gasteiger partial charge is 0.454 e. The average molecular weight is 319 g/mol. The van der Waals surface area contributed by atoms with Crippen molar-refractivity contribution in [3.63, 3.8) is 0 Å². The second-order valence-corrected chi connectivity index (χ2v) is 6.19. The molecule has 2 rings (SSSR count). The van der Waals surface area contributed by atoms with Gasteiger partial charge in [-0.3, -0.25) is 4.79 Å². The summed E-state index contributed by atoms with van der Waals surface area (Å²) in [5, 5.41) is 2.92. The fourth-order valence-electron chi connectivity index (χ4n) is 2.79. The van der Waals surface area contributed by atoms with E-state index in [0.29, 0.717) is 12.2 Å². The Morgan fingerprint density at radius 3 is 2.35 bits per heavy atom. The first kappa shape index (κ1) is 17.6. The van der Waals surface area contributed by atoms with E-state index in [-0.39, 0.29) is 12.7 Å². The minimum absolute atomic E-state index is 0.0758. The Labute approximate surface area is 139 Å². The van der Waals surface area contributed by atoms with Gasteiger partial charge in [-0.25, -0.2) is 0 Å². The van der Waals surface area contributed by atoms with Crippen molar-refractivity contribution in [2.75, 3.05) is 12.1 Å². The Bertz CT molecular complexity index is 488. The number of hydrogen-bond acceptors (Lipinski definition) is 3. The second-order valence-electron chi connectivity index (χ2n) is 6.19. The van der Waals surface area contributed by atoms with Gasteiger partial charge in [0.05, 0.1) is 0 Å². The summed E-state index contributed by atoms with van der Waals surface area (Å²) in [6, 6.07) is 5.49. The summed E-state index contributed by atoms with van der Waals surface area (Å²) in [4.78, 5) is 11.9. The molecule has 0 spiro atoms. The molecule has 1 heterocycles. The van der Waals surface area contributed by atoms with E-state index in [9.17, 15) is 4.79 Å². The van der Waals surface area contributed by atoms with Crippen molar-refractivity contribution >= 4 is 11.6 Å². The average Bonchev–Trinajstić information content (AvgIpc) is 3.01. The van der Waals surface area contributed by atoms with Crippen LogP contribution in [0.3, 0.4) is 0 Å². The molecule has 0 radical (unpaired) electrons. The van der Waals surface area contributed by atoms with Crippen LogP contribution in [0.4, 0.5) is 5.69 Å². The van der Waals surface area contributed by atoms with Crippen LogP contribution in [0.2, 0.25) is 0 Å². The van der Waals surface area contributed by atoms with E-state index >= 15 is 0 Å². The molecule has 1 aromatic rings. The van der Waals surface area contributed by atoms with Gasteiger partial charge in [-0.2, -0.15) is 0 Å². The predicted octanol–water partition coefficient (Wildman–Crippen LogP) is 5.27. The number of carbonyl (C=O) groups excluding carboxylic acids is 1. The van der Waals surface area contributed by atoms with E-state index in [1.54, 1.807) is 0 Å². The molecule has 0 saturated carbocycles. The maximum atomic E-state index is 11.9. The number of hydrogen-bond donors (Lipinski definition) is 1. The first-order valence-corrected chi connectivity index (χ1v) is 8.99. The van der Waals surface area contributed by atoms with Crippen LogP contribution in [0.15, 0.2) is 18.2 Å². The normalized spacial score (nSPS) is 12.4. The quantitative estimate of drug-likeness (QED) is 0.565. The number of anilines is 1. The van der Waals surface area contributed by atoms with Crippen molar-refractivity contribution in [2.45, 2.75) is 71.1 Å². The zero-order chi connectivity index (χ0) is 16.3. The Kier molecular flexibility index (Phi) is 7.78. The highest BCUT2D eigenvalue weighted by atomic mass is 16.7. The summed E-state index contributed by atoms with van der Waals surface area (Å²) in [5.41, 5.74) is 0.773. The molecule has 0 fully saturated rings. The monoisotopic (exact) mass is 319 g/mol. The van der Waals surface area contributed by atoms with Crippen LogP contribution in [-0.4, -0.2) is 12.7 Å². The summed E-state index contributed by atoms with van der Waals surface area (Å²) >= 11 is 0. The first-order chi connectivity index (χ1) is 11.3. The maximum Gasteiger partial charge on any atom is 0.231 e. The third-order valence-corrected chi connectivity index (χ3v) is 4.16. The van der Waals surface area contributed by atoms with Crippen molar-refractivity contribution in [1.29, 1.82) is 0 Å². The smallest absolute Gasteiger partial charge is 0.231 e. The minimum Gasteiger partial charge on any atom is -0.454 e. The third kappa shape index (κ3) is 6.51. The maximum absolute atomic E-state index is 11.9. The fourth-order valence-corrected chi connectivity index (χ4v) is 2.79. The molecular formula is C19H29NO3. The number of nitrogens with one attached hydrogen (secondary N) is 1. The van der Waals surface area contributed by atoms with E-state index < -0.39 is 0 Å². The third-order valence-electron chi connectivity index (χ3n) is 4.16. The molecule has 0 aromatic heterocycles. The van der Waals surface area contributed by atoms with Crippen molar-refractivity contribution in [3.8, 4) is 11.5 Å². The van der Waals surface area contributed by atoms with Gasteiger partial charge in [0.15, 0.2) is 11.5 Å². The molecule has 0 saturated heterocycles. The number of ether oxygens (including phenoxy) is 2. The fraction of sp³-hybridized carbons (Fsp3) is 0.632. The highest BCUT2D eigenvalue weighted by Gasteiger charge is 2.13. The molecule has 0 unspecified atom stereocenters. The minimum atomic E-state index is 0.0758. The van der Waals surface area contributed by atoms with Crippen molar-refractivity contribution in [3.05, 3.63) is 18.2 Å². The van der Waals surface area contributed by atoms with Gasteiger partial charge in [-0.15, -0.1) is 0 Å². The number of carbonyl (C=O) groups is 1. The van der Waals surface area contributed by atoms with Crippen LogP contribution in [0, 0.1) is 0 Å². The molecule has 23 heavy (non-hydrogen) atoms. The lowest BCUT2D eigenvalue weighted by Crippen LogP contribution is -2.10. The standard InChI is InChI=1S/C19H29NO3/c1-2-3-4-5-6-7-8-9-10-11-19(21)20-16-12-13-17-18(14-16)23-15-22-17/h12-14H,2-11,15H2,1H3,(H,20,21). The van der Waals surface area contributed by atoms with Gasteiger partial charge in [0.25, 0.3) is 0 Å². The molecule has 0 aliphatic carbocycles. The SMILES string of the molecule is CCCCCCCCCCCC(=O)Nc1ccc2c(c1)OCO2. The molecule has 4 heteroatoms. The zero-order valence-corrected chi connectivity index (χ0v) is 14.2. The van der Waals surface area contributed by atoms with Crippen LogP contribution in [0.1, 0.15) is 71.1 Å². The number of fused-ring (bicyclic) bond motifs is 1. The molecule has 0 bridgehead atoms. The molecule has 1 aliphatic rings. The van der Waals surface area contributed by atoms with E-state index in [0.717, 1.165) is 24.3 Å². The van der Waals surface area contributed by atoms with Crippen LogP contribution >= 0.6 is 0 Å². The number of amides is 1. The first-order valence-electron chi connectivity index (χ1n) is 8.99. The highest BCUT2D eigenvalue weighted by Crippen LogP contribution is 2.34. The summed E-state index contributed by atoms with van der Waals surface area (Å²) in [6.07, 6.45) is 12.0. The van der Waals surface area contributed by atoms with Gasteiger partial charge >= 0.3 is 0 Å². The summed E-state index contributed by atoms with van der Waals surface area (Å²) < 4.78 is 10.6. The van der Waals surface area contributed by atoms with E-state index in [2.05, 4.69) is 12.2 Å². The number of benzene rings is 1. The predicted molar refractivity (Wildman–Crippen MR) is 93.0 cm³/mol. The molecule has 128 valence electrons. The molecule has 1 aromatic carbocycles. The summed E-state index contributed by atoms with van der Waals surface area (Å²) in [7, 11) is 0. The van der Waals surface area contributed by atoms with Crippen LogP contribution in [-0.2, 0) is 4.79 Å². The second kappa shape index (κ2) is 10.1. The van der Waals surface area contributed by atoms with Crippen molar-refractivity contribution < 1.29 is 14.3 Å². The lowest BCUT2D eigenvalue weighted by atomic mass is 10.1. The van der Waals surface area contributed by atoms with Crippen LogP contribution in [0.25, 0.3) is 0 Å². The van der Waals surface area contributed by atoms with Gasteiger partial charge in [0.2, 0.25) is 12.7 Å². The van der Waals surface area contributed by atoms with Gasteiger partial charge in [0, 0.05) is 18.2 Å². The lowest BCUT2D eigenvalue weighted by Gasteiger charge is -2.06. The zero-order valence-electron chi connectivity index (χ0n) is 14.2. The lowest BCUT2D eigenvalue weighted by molar-refractivity contribution is -0.116. The number of rotatable bonds is 11. The molecule has 1 N–H and O–H groups in total. The van der Waals surface area contributed by atoms with E-state index in [1.165, 1.54) is 44.9 Å². The Hall–Kier alpha value is -1.71.